The number of nitrogens with one attached hydrogen (secondary N) is 1. The maximum atomic E-state index is 13.0. The molecule has 2 fully saturated rings. The van der Waals surface area contributed by atoms with Crippen molar-refractivity contribution >= 4 is 21.6 Å². The van der Waals surface area contributed by atoms with Crippen LogP contribution in [0.5, 0.6) is 5.75 Å². The number of sulfonamides is 1. The minimum Gasteiger partial charge on any atom is -0.489 e. The highest BCUT2D eigenvalue weighted by Gasteiger charge is 2.31. The van der Waals surface area contributed by atoms with Gasteiger partial charge in [-0.1, -0.05) is 12.5 Å². The van der Waals surface area contributed by atoms with E-state index < -0.39 is 10.0 Å². The van der Waals surface area contributed by atoms with Gasteiger partial charge in [0.1, 0.15) is 12.4 Å². The lowest BCUT2D eigenvalue weighted by Crippen LogP contribution is -2.41. The lowest BCUT2D eigenvalue weighted by molar-refractivity contribution is 0.0681. The zero-order chi connectivity index (χ0) is 23.4. The Kier molecular flexibility index (Phi) is 7.36. The molecule has 178 valence electrons. The van der Waals surface area contributed by atoms with Crippen LogP contribution in [0.2, 0.25) is 0 Å². The predicted molar refractivity (Wildman–Crippen MR) is 127 cm³/mol. The summed E-state index contributed by atoms with van der Waals surface area (Å²) in [5, 5.41) is 2.89. The van der Waals surface area contributed by atoms with Crippen molar-refractivity contribution in [2.45, 2.75) is 63.0 Å². The third kappa shape index (κ3) is 5.57. The van der Waals surface area contributed by atoms with E-state index in [0.717, 1.165) is 44.3 Å². The van der Waals surface area contributed by atoms with E-state index in [4.69, 9.17) is 9.47 Å². The SMILES string of the molecule is Cc1ccc(NC(=O)c2ccc(S(=O)(=O)N3CCCCC3C)cc2)c(OCC2CCCO2)c1. The molecule has 2 unspecified atom stereocenters. The lowest BCUT2D eigenvalue weighted by atomic mass is 10.1. The highest BCUT2D eigenvalue weighted by molar-refractivity contribution is 7.89. The second-order valence-electron chi connectivity index (χ2n) is 8.88. The number of carbonyl (C=O) groups excluding carboxylic acids is 1. The lowest BCUT2D eigenvalue weighted by Gasteiger charge is -2.32. The molecule has 2 aliphatic rings. The molecule has 1 N–H and O–H groups in total. The van der Waals surface area contributed by atoms with Gasteiger partial charge in [-0.05, 0) is 81.5 Å². The van der Waals surface area contributed by atoms with Crippen molar-refractivity contribution in [1.29, 1.82) is 0 Å². The van der Waals surface area contributed by atoms with E-state index in [-0.39, 0.29) is 22.9 Å². The Morgan fingerprint density at radius 2 is 1.91 bits per heavy atom. The third-order valence-corrected chi connectivity index (χ3v) is 8.33. The molecule has 0 saturated carbocycles. The molecular weight excluding hydrogens is 440 g/mol. The van der Waals surface area contributed by atoms with Crippen molar-refractivity contribution in [3.05, 3.63) is 53.6 Å². The fraction of sp³-hybridized carbons (Fsp3) is 0.480. The number of hydrogen-bond donors (Lipinski definition) is 1. The Balaban J connectivity index is 1.45. The van der Waals surface area contributed by atoms with Crippen molar-refractivity contribution in [2.24, 2.45) is 0 Å². The molecule has 2 aliphatic heterocycles. The smallest absolute Gasteiger partial charge is 0.255 e. The van der Waals surface area contributed by atoms with Crippen molar-refractivity contribution in [1.82, 2.24) is 4.31 Å². The van der Waals surface area contributed by atoms with Crippen LogP contribution in [0.3, 0.4) is 0 Å². The number of aryl methyl sites for hydroxylation is 1. The summed E-state index contributed by atoms with van der Waals surface area (Å²) in [5.41, 5.74) is 1.98. The summed E-state index contributed by atoms with van der Waals surface area (Å²) in [6.07, 6.45) is 4.87. The Hall–Kier alpha value is -2.42. The van der Waals surface area contributed by atoms with Gasteiger partial charge < -0.3 is 14.8 Å². The zero-order valence-corrected chi connectivity index (χ0v) is 20.1. The first kappa shape index (κ1) is 23.7. The molecule has 0 aliphatic carbocycles. The Bertz CT molecular complexity index is 1080. The van der Waals surface area contributed by atoms with E-state index in [9.17, 15) is 13.2 Å². The van der Waals surface area contributed by atoms with Crippen LogP contribution < -0.4 is 10.1 Å². The topological polar surface area (TPSA) is 84.9 Å². The van der Waals surface area contributed by atoms with E-state index in [1.54, 1.807) is 16.4 Å². The monoisotopic (exact) mass is 472 g/mol. The highest BCUT2D eigenvalue weighted by atomic mass is 32.2. The quantitative estimate of drug-likeness (QED) is 0.647. The fourth-order valence-electron chi connectivity index (χ4n) is 4.35. The first-order valence-corrected chi connectivity index (χ1v) is 13.1. The van der Waals surface area contributed by atoms with Crippen LogP contribution in [-0.2, 0) is 14.8 Å². The molecular formula is C25H32N2O5S. The Morgan fingerprint density at radius 1 is 1.12 bits per heavy atom. The number of piperidine rings is 1. The van der Waals surface area contributed by atoms with Crippen LogP contribution in [0.15, 0.2) is 47.4 Å². The average molecular weight is 473 g/mol. The third-order valence-electron chi connectivity index (χ3n) is 6.30. The molecule has 0 bridgehead atoms. The van der Waals surface area contributed by atoms with E-state index in [1.165, 1.54) is 12.1 Å². The van der Waals surface area contributed by atoms with Crippen molar-refractivity contribution in [3.63, 3.8) is 0 Å². The van der Waals surface area contributed by atoms with E-state index in [0.29, 0.717) is 30.2 Å². The number of nitrogens with zero attached hydrogens (tertiary/aromatic N) is 1. The van der Waals surface area contributed by atoms with Gasteiger partial charge in [-0.2, -0.15) is 4.31 Å². The molecule has 0 spiro atoms. The van der Waals surface area contributed by atoms with Crippen LogP contribution in [0, 0.1) is 6.92 Å². The van der Waals surface area contributed by atoms with Gasteiger partial charge in [-0.25, -0.2) is 8.42 Å². The van der Waals surface area contributed by atoms with Gasteiger partial charge in [-0.15, -0.1) is 0 Å². The fourth-order valence-corrected chi connectivity index (χ4v) is 6.05. The normalized spacial score (nSPS) is 21.6. The van der Waals surface area contributed by atoms with Crippen LogP contribution in [0.4, 0.5) is 5.69 Å². The summed E-state index contributed by atoms with van der Waals surface area (Å²) in [7, 11) is -3.57. The maximum Gasteiger partial charge on any atom is 0.255 e. The van der Waals surface area contributed by atoms with Crippen LogP contribution in [-0.4, -0.2) is 50.5 Å². The molecule has 7 nitrogen and oxygen atoms in total. The average Bonchev–Trinajstić information content (AvgIpc) is 3.33. The summed E-state index contributed by atoms with van der Waals surface area (Å²) < 4.78 is 39.2. The number of hydrogen-bond acceptors (Lipinski definition) is 5. The Labute approximate surface area is 196 Å². The zero-order valence-electron chi connectivity index (χ0n) is 19.2. The van der Waals surface area contributed by atoms with E-state index in [2.05, 4.69) is 5.32 Å². The number of carbonyl (C=O) groups is 1. The Morgan fingerprint density at radius 3 is 2.61 bits per heavy atom. The van der Waals surface area contributed by atoms with Crippen molar-refractivity contribution in [2.75, 3.05) is 25.1 Å². The number of benzene rings is 2. The van der Waals surface area contributed by atoms with Gasteiger partial charge in [0.25, 0.3) is 5.91 Å². The summed E-state index contributed by atoms with van der Waals surface area (Å²) in [6.45, 7) is 5.64. The second-order valence-corrected chi connectivity index (χ2v) is 10.8. The molecule has 33 heavy (non-hydrogen) atoms. The van der Waals surface area contributed by atoms with E-state index >= 15 is 0 Å². The van der Waals surface area contributed by atoms with Crippen LogP contribution in [0.1, 0.15) is 54.9 Å². The standard InChI is InChI=1S/C25H32N2O5S/c1-18-8-13-23(24(16-18)32-17-21-7-5-15-31-21)26-25(28)20-9-11-22(12-10-20)33(29,30)27-14-4-3-6-19(27)2/h8-13,16,19,21H,3-7,14-15,17H2,1-2H3,(H,26,28). The van der Waals surface area contributed by atoms with Gasteiger partial charge >= 0.3 is 0 Å². The maximum absolute atomic E-state index is 13.0. The first-order valence-electron chi connectivity index (χ1n) is 11.6. The molecule has 2 saturated heterocycles. The van der Waals surface area contributed by atoms with Crippen molar-refractivity contribution in [3.8, 4) is 5.75 Å². The summed E-state index contributed by atoms with van der Waals surface area (Å²) in [4.78, 5) is 13.1. The molecule has 0 aromatic heterocycles. The number of anilines is 1. The molecule has 2 atom stereocenters. The molecule has 8 heteroatoms. The van der Waals surface area contributed by atoms with Crippen LogP contribution in [0.25, 0.3) is 0 Å². The number of amides is 1. The largest absolute Gasteiger partial charge is 0.489 e. The minimum absolute atomic E-state index is 0.0127. The molecule has 2 heterocycles. The summed E-state index contributed by atoms with van der Waals surface area (Å²) in [6, 6.07) is 11.7. The number of rotatable bonds is 7. The number of ether oxygens (including phenoxy) is 2. The van der Waals surface area contributed by atoms with Gasteiger partial charge in [0.15, 0.2) is 0 Å². The van der Waals surface area contributed by atoms with Gasteiger partial charge in [0.05, 0.1) is 16.7 Å². The van der Waals surface area contributed by atoms with Crippen molar-refractivity contribution < 1.29 is 22.7 Å². The second kappa shape index (κ2) is 10.2. The van der Waals surface area contributed by atoms with Crippen LogP contribution >= 0.6 is 0 Å². The van der Waals surface area contributed by atoms with Gasteiger partial charge in [-0.3, -0.25) is 4.79 Å². The molecule has 1 amide bonds. The molecule has 2 aromatic carbocycles. The summed E-state index contributed by atoms with van der Waals surface area (Å²) in [5.74, 6) is 0.272. The predicted octanol–water partition coefficient (Wildman–Crippen LogP) is 4.37. The first-order chi connectivity index (χ1) is 15.8. The summed E-state index contributed by atoms with van der Waals surface area (Å²) >= 11 is 0. The van der Waals surface area contributed by atoms with Gasteiger partial charge in [0.2, 0.25) is 10.0 Å². The minimum atomic E-state index is -3.57. The highest BCUT2D eigenvalue weighted by Crippen LogP contribution is 2.28. The molecule has 4 rings (SSSR count). The van der Waals surface area contributed by atoms with Gasteiger partial charge in [0, 0.05) is 24.8 Å². The molecule has 0 radical (unpaired) electrons. The molecule has 2 aromatic rings. The van der Waals surface area contributed by atoms with E-state index in [1.807, 2.05) is 32.0 Å².